The van der Waals surface area contributed by atoms with Gasteiger partial charge in [-0.1, -0.05) is 38.3 Å². The zero-order valence-electron chi connectivity index (χ0n) is 14.5. The molecule has 0 spiro atoms. The van der Waals surface area contributed by atoms with Crippen LogP contribution >= 0.6 is 0 Å². The fraction of sp³-hybridized carbons (Fsp3) is 0.474. The van der Waals surface area contributed by atoms with Crippen molar-refractivity contribution in [2.45, 2.75) is 39.0 Å². The molecule has 0 atom stereocenters. The predicted molar refractivity (Wildman–Crippen MR) is 94.8 cm³/mol. The van der Waals surface area contributed by atoms with Gasteiger partial charge in [0.25, 0.3) is 0 Å². The lowest BCUT2D eigenvalue weighted by Gasteiger charge is -2.05. The van der Waals surface area contributed by atoms with Crippen molar-refractivity contribution >= 4 is 18.0 Å². The first-order chi connectivity index (χ1) is 11.7. The first kappa shape index (κ1) is 19.7. The molecule has 0 saturated heterocycles. The van der Waals surface area contributed by atoms with E-state index in [1.807, 2.05) is 24.3 Å². The van der Waals surface area contributed by atoms with Crippen molar-refractivity contribution in [1.29, 1.82) is 0 Å². The summed E-state index contributed by atoms with van der Waals surface area (Å²) in [6, 6.07) is 7.37. The molecule has 5 nitrogen and oxygen atoms in total. The molecule has 1 rings (SSSR count). The van der Waals surface area contributed by atoms with E-state index >= 15 is 0 Å². The molecule has 1 amide bonds. The molecule has 0 aliphatic carbocycles. The number of esters is 1. The number of hydrogen-bond donors (Lipinski definition) is 1. The van der Waals surface area contributed by atoms with Gasteiger partial charge in [0.1, 0.15) is 12.4 Å². The normalized spacial score (nSPS) is 10.6. The van der Waals surface area contributed by atoms with Gasteiger partial charge in [-0.3, -0.25) is 4.79 Å². The Balaban J connectivity index is 2.17. The van der Waals surface area contributed by atoms with Crippen LogP contribution < -0.4 is 10.1 Å². The van der Waals surface area contributed by atoms with Crippen LogP contribution in [-0.2, 0) is 14.3 Å². The van der Waals surface area contributed by atoms with Crippen LogP contribution in [0, 0.1) is 0 Å². The molecular weight excluding hydrogens is 306 g/mol. The van der Waals surface area contributed by atoms with E-state index in [-0.39, 0.29) is 12.5 Å². The van der Waals surface area contributed by atoms with Crippen molar-refractivity contribution in [3.05, 3.63) is 35.9 Å². The number of benzene rings is 1. The first-order valence-electron chi connectivity index (χ1n) is 8.41. The van der Waals surface area contributed by atoms with E-state index in [0.717, 1.165) is 37.0 Å². The summed E-state index contributed by atoms with van der Waals surface area (Å²) >= 11 is 0. The lowest BCUT2D eigenvalue weighted by atomic mass is 10.1. The van der Waals surface area contributed by atoms with Crippen LogP contribution in [0.25, 0.3) is 6.08 Å². The molecule has 132 valence electrons. The predicted octanol–water partition coefficient (Wildman–Crippen LogP) is 3.34. The molecule has 0 saturated carbocycles. The van der Waals surface area contributed by atoms with Crippen LogP contribution in [0.5, 0.6) is 5.75 Å². The summed E-state index contributed by atoms with van der Waals surface area (Å²) in [6.45, 7) is 2.64. The van der Waals surface area contributed by atoms with Crippen LogP contribution in [0.2, 0.25) is 0 Å². The maximum absolute atomic E-state index is 11.6. The number of carbonyl (C=O) groups is 2. The Bertz CT molecular complexity index is 540. The summed E-state index contributed by atoms with van der Waals surface area (Å²) in [5.74, 6) is 0.302. The van der Waals surface area contributed by atoms with E-state index in [2.05, 4.69) is 12.2 Å². The molecule has 0 bridgehead atoms. The van der Waals surface area contributed by atoms with Crippen molar-refractivity contribution in [2.24, 2.45) is 0 Å². The second-order valence-electron chi connectivity index (χ2n) is 5.44. The van der Waals surface area contributed by atoms with Gasteiger partial charge in [0.2, 0.25) is 5.91 Å². The topological polar surface area (TPSA) is 64.6 Å². The highest BCUT2D eigenvalue weighted by molar-refractivity contribution is 5.87. The SMILES string of the molecule is CCCCCCC(=O)NCCOC(=O)/C=C/c1cccc(OC)c1. The summed E-state index contributed by atoms with van der Waals surface area (Å²) in [5.41, 5.74) is 0.853. The quantitative estimate of drug-likeness (QED) is 0.383. The van der Waals surface area contributed by atoms with E-state index in [9.17, 15) is 9.59 Å². The number of ether oxygens (including phenoxy) is 2. The minimum Gasteiger partial charge on any atom is -0.497 e. The lowest BCUT2D eigenvalue weighted by Crippen LogP contribution is -2.27. The van der Waals surface area contributed by atoms with E-state index in [1.54, 1.807) is 13.2 Å². The van der Waals surface area contributed by atoms with Crippen molar-refractivity contribution in [3.8, 4) is 5.75 Å². The number of unbranched alkanes of at least 4 members (excludes halogenated alkanes) is 3. The Morgan fingerprint density at radius 1 is 1.21 bits per heavy atom. The zero-order valence-corrected chi connectivity index (χ0v) is 14.5. The average molecular weight is 333 g/mol. The second kappa shape index (κ2) is 12.2. The highest BCUT2D eigenvalue weighted by Gasteiger charge is 2.02. The molecular formula is C19H27NO4. The van der Waals surface area contributed by atoms with Crippen LogP contribution in [0.4, 0.5) is 0 Å². The summed E-state index contributed by atoms with van der Waals surface area (Å²) < 4.78 is 10.2. The molecule has 0 aliphatic heterocycles. The molecule has 0 heterocycles. The number of amides is 1. The van der Waals surface area contributed by atoms with Crippen LogP contribution in [0.1, 0.15) is 44.6 Å². The Hall–Kier alpha value is -2.30. The smallest absolute Gasteiger partial charge is 0.330 e. The molecule has 0 aromatic heterocycles. The van der Waals surface area contributed by atoms with Crippen molar-refractivity contribution in [2.75, 3.05) is 20.3 Å². The molecule has 1 N–H and O–H groups in total. The standard InChI is InChI=1S/C19H27NO4/c1-3-4-5-6-10-18(21)20-13-14-24-19(22)12-11-16-8-7-9-17(15-16)23-2/h7-9,11-12,15H,3-6,10,13-14H2,1-2H3,(H,20,21)/b12-11+. The second-order valence-corrected chi connectivity index (χ2v) is 5.44. The van der Waals surface area contributed by atoms with Gasteiger partial charge in [0.15, 0.2) is 0 Å². The van der Waals surface area contributed by atoms with Crippen LogP contribution in [-0.4, -0.2) is 32.1 Å². The van der Waals surface area contributed by atoms with Crippen LogP contribution in [0.15, 0.2) is 30.3 Å². The highest BCUT2D eigenvalue weighted by Crippen LogP contribution is 2.13. The van der Waals surface area contributed by atoms with Crippen molar-refractivity contribution in [1.82, 2.24) is 5.32 Å². The molecule has 1 aromatic carbocycles. The summed E-state index contributed by atoms with van der Waals surface area (Å²) in [5, 5.41) is 2.75. The van der Waals surface area contributed by atoms with Gasteiger partial charge in [-0.05, 0) is 30.2 Å². The average Bonchev–Trinajstić information content (AvgIpc) is 2.61. The van der Waals surface area contributed by atoms with Crippen molar-refractivity contribution in [3.63, 3.8) is 0 Å². The molecule has 0 aliphatic rings. The van der Waals surface area contributed by atoms with E-state index in [4.69, 9.17) is 9.47 Å². The molecule has 1 aromatic rings. The fourth-order valence-electron chi connectivity index (χ4n) is 2.10. The number of hydrogen-bond acceptors (Lipinski definition) is 4. The third-order valence-corrected chi connectivity index (χ3v) is 3.43. The lowest BCUT2D eigenvalue weighted by molar-refractivity contribution is -0.138. The minimum atomic E-state index is -0.435. The number of carbonyl (C=O) groups excluding carboxylic acids is 2. The fourth-order valence-corrected chi connectivity index (χ4v) is 2.10. The third-order valence-electron chi connectivity index (χ3n) is 3.43. The largest absolute Gasteiger partial charge is 0.497 e. The summed E-state index contributed by atoms with van der Waals surface area (Å²) in [6.07, 6.45) is 7.85. The van der Waals surface area contributed by atoms with E-state index in [0.29, 0.717) is 13.0 Å². The number of rotatable bonds is 11. The summed E-state index contributed by atoms with van der Waals surface area (Å²) in [4.78, 5) is 23.2. The Morgan fingerprint density at radius 2 is 2.04 bits per heavy atom. The minimum absolute atomic E-state index is 0.00840. The maximum atomic E-state index is 11.6. The van der Waals surface area contributed by atoms with Crippen LogP contribution in [0.3, 0.4) is 0 Å². The van der Waals surface area contributed by atoms with Crippen molar-refractivity contribution < 1.29 is 19.1 Å². The third kappa shape index (κ3) is 8.98. The first-order valence-corrected chi connectivity index (χ1v) is 8.41. The molecule has 24 heavy (non-hydrogen) atoms. The maximum Gasteiger partial charge on any atom is 0.330 e. The summed E-state index contributed by atoms with van der Waals surface area (Å²) in [7, 11) is 1.59. The Kier molecular flexibility index (Phi) is 10.0. The molecule has 5 heteroatoms. The van der Waals surface area contributed by atoms with Gasteiger partial charge in [-0.25, -0.2) is 4.79 Å². The van der Waals surface area contributed by atoms with E-state index < -0.39 is 5.97 Å². The van der Waals surface area contributed by atoms with Gasteiger partial charge < -0.3 is 14.8 Å². The van der Waals surface area contributed by atoms with Gasteiger partial charge in [-0.2, -0.15) is 0 Å². The monoisotopic (exact) mass is 333 g/mol. The zero-order chi connectivity index (χ0) is 17.6. The molecule has 0 radical (unpaired) electrons. The Morgan fingerprint density at radius 3 is 2.79 bits per heavy atom. The molecule has 0 fully saturated rings. The van der Waals surface area contributed by atoms with Gasteiger partial charge in [0, 0.05) is 12.5 Å². The number of methoxy groups -OCH3 is 1. The number of nitrogens with one attached hydrogen (secondary N) is 1. The van der Waals surface area contributed by atoms with Gasteiger partial charge >= 0.3 is 5.97 Å². The van der Waals surface area contributed by atoms with Gasteiger partial charge in [-0.15, -0.1) is 0 Å². The molecule has 0 unspecified atom stereocenters. The highest BCUT2D eigenvalue weighted by atomic mass is 16.5. The Labute approximate surface area is 144 Å². The van der Waals surface area contributed by atoms with Gasteiger partial charge in [0.05, 0.1) is 13.7 Å². The van der Waals surface area contributed by atoms with E-state index in [1.165, 1.54) is 6.08 Å².